The van der Waals surface area contributed by atoms with Gasteiger partial charge in [0.05, 0.1) is 44.6 Å². The van der Waals surface area contributed by atoms with E-state index in [-0.39, 0.29) is 31.1 Å². The van der Waals surface area contributed by atoms with Gasteiger partial charge in [0.25, 0.3) is 0 Å². The van der Waals surface area contributed by atoms with E-state index in [1.165, 1.54) is 19.3 Å². The molecule has 56 heavy (non-hydrogen) atoms. The summed E-state index contributed by atoms with van der Waals surface area (Å²) in [5.41, 5.74) is 0. The summed E-state index contributed by atoms with van der Waals surface area (Å²) in [6, 6.07) is 0. The predicted octanol–water partition coefficient (Wildman–Crippen LogP) is 6.71. The Morgan fingerprint density at radius 2 is 1.39 bits per heavy atom. The van der Waals surface area contributed by atoms with Crippen LogP contribution < -0.4 is 0 Å². The zero-order valence-corrected chi connectivity index (χ0v) is 34.5. The average Bonchev–Trinajstić information content (AvgIpc) is 3.44. The minimum atomic E-state index is -4.71. The van der Waals surface area contributed by atoms with Crippen molar-refractivity contribution >= 4 is 19.8 Å². The molecule has 0 radical (unpaired) electrons. The van der Waals surface area contributed by atoms with Crippen molar-refractivity contribution in [2.24, 2.45) is 11.8 Å². The van der Waals surface area contributed by atoms with Crippen LogP contribution >= 0.6 is 7.82 Å². The summed E-state index contributed by atoms with van der Waals surface area (Å²) in [6.45, 7) is 1.80. The summed E-state index contributed by atoms with van der Waals surface area (Å²) in [6.07, 6.45) is 27.5. The van der Waals surface area contributed by atoms with Crippen LogP contribution in [0.4, 0.5) is 0 Å². The van der Waals surface area contributed by atoms with Crippen LogP contribution in [0.3, 0.4) is 0 Å². The number of aliphatic hydroxyl groups is 5. The minimum absolute atomic E-state index is 0.0667. The van der Waals surface area contributed by atoms with Crippen LogP contribution in [0.2, 0.25) is 0 Å². The molecule has 6 N–H and O–H groups in total. The first-order valence-corrected chi connectivity index (χ1v) is 22.0. The number of allylic oxidation sites excluding steroid dienone is 7. The zero-order chi connectivity index (χ0) is 41.4. The normalized spacial score (nSPS) is 21.8. The highest BCUT2D eigenvalue weighted by atomic mass is 31.2. The quantitative estimate of drug-likeness (QED) is 0.0176. The van der Waals surface area contributed by atoms with Gasteiger partial charge in [-0.15, -0.1) is 0 Å². The Balaban J connectivity index is 2.59. The van der Waals surface area contributed by atoms with Gasteiger partial charge < -0.3 is 39.9 Å². The molecule has 0 aliphatic heterocycles. The van der Waals surface area contributed by atoms with Gasteiger partial charge in [0.1, 0.15) is 12.7 Å². The first-order valence-electron chi connectivity index (χ1n) is 20.5. The summed E-state index contributed by atoms with van der Waals surface area (Å²) < 4.78 is 32.5. The molecule has 1 aliphatic carbocycles. The van der Waals surface area contributed by atoms with E-state index >= 15 is 0 Å². The number of ether oxygens (including phenoxy) is 2. The molecule has 0 bridgehead atoms. The maximum Gasteiger partial charge on any atom is 0.472 e. The minimum Gasteiger partial charge on any atom is -0.461 e. The fourth-order valence-corrected chi connectivity index (χ4v) is 6.76. The Bertz CT molecular complexity index is 1230. The van der Waals surface area contributed by atoms with E-state index in [0.717, 1.165) is 51.4 Å². The maximum atomic E-state index is 12.6. The van der Waals surface area contributed by atoms with Gasteiger partial charge in [0.15, 0.2) is 6.10 Å². The number of phosphoric ester groups is 1. The van der Waals surface area contributed by atoms with Crippen LogP contribution in [0, 0.1) is 11.8 Å². The molecule has 0 aromatic carbocycles. The van der Waals surface area contributed by atoms with Crippen molar-refractivity contribution in [1.82, 2.24) is 0 Å². The van der Waals surface area contributed by atoms with Crippen molar-refractivity contribution < 1.29 is 63.1 Å². The van der Waals surface area contributed by atoms with E-state index in [4.69, 9.17) is 19.1 Å². The topological polar surface area (TPSA) is 210 Å². The lowest BCUT2D eigenvalue weighted by Gasteiger charge is -2.20. The molecule has 1 saturated carbocycles. The number of hydrogen-bond acceptors (Lipinski definition) is 12. The molecule has 0 heterocycles. The monoisotopic (exact) mass is 814 g/mol. The zero-order valence-electron chi connectivity index (χ0n) is 33.7. The number of unbranched alkanes of at least 4 members (excludes halogenated alkanes) is 7. The van der Waals surface area contributed by atoms with Crippen molar-refractivity contribution in [1.29, 1.82) is 0 Å². The Labute approximate surface area is 334 Å². The number of aliphatic hydroxyl groups excluding tert-OH is 5. The first kappa shape index (κ1) is 51.6. The van der Waals surface area contributed by atoms with E-state index in [1.807, 2.05) is 0 Å². The summed E-state index contributed by atoms with van der Waals surface area (Å²) in [7, 11) is -4.71. The van der Waals surface area contributed by atoms with Crippen LogP contribution in [0.25, 0.3) is 0 Å². The smallest absolute Gasteiger partial charge is 0.461 e. The molecule has 0 saturated heterocycles. The van der Waals surface area contributed by atoms with E-state index in [2.05, 4.69) is 54.8 Å². The fourth-order valence-electron chi connectivity index (χ4n) is 5.97. The lowest BCUT2D eigenvalue weighted by Crippen LogP contribution is -2.29. The van der Waals surface area contributed by atoms with E-state index in [1.54, 1.807) is 24.3 Å². The Morgan fingerprint density at radius 3 is 2.05 bits per heavy atom. The SMILES string of the molecule is CCCCC/C=C\C/C=C\C/C=C\CCCCC(=O)O[C@H](COC(=O)C/C=C\C[C@H]1[C@@H](/C=C/[C@H](O)CCCCC)[C@H](O)C[C@@H]1O)COP(=O)(O)OC[C@@H](O)CO. The van der Waals surface area contributed by atoms with Crippen LogP contribution in [0.1, 0.15) is 123 Å². The van der Waals surface area contributed by atoms with Gasteiger partial charge in [-0.2, -0.15) is 0 Å². The second-order valence-corrected chi connectivity index (χ2v) is 15.7. The molecule has 322 valence electrons. The maximum absolute atomic E-state index is 12.6. The van der Waals surface area contributed by atoms with Crippen molar-refractivity contribution in [3.05, 3.63) is 60.8 Å². The number of carbonyl (C=O) groups is 2. The number of phosphoric acid groups is 1. The van der Waals surface area contributed by atoms with E-state index < -0.39 is 76.7 Å². The van der Waals surface area contributed by atoms with Gasteiger partial charge in [-0.3, -0.25) is 18.6 Å². The summed E-state index contributed by atoms with van der Waals surface area (Å²) in [4.78, 5) is 35.1. The standard InChI is InChI=1S/C42H71O13P/c1-3-5-7-8-9-10-11-12-13-14-15-16-17-18-20-26-42(49)55-36(33-54-56(50,51)53-31-35(45)30-43)32-52-41(48)25-22-21-24-37-38(40(47)29-39(37)46)28-27-34(44)23-19-6-4-2/h9-10,12-13,15-16,21-22,27-28,34-40,43-47H,3-8,11,14,17-20,23-26,29-33H2,1-2H3,(H,50,51)/b10-9-,13-12-,16-15-,22-21-,28-27+/t34-,35+,36-,37+,38-,39+,40-/m1/s1. The average molecular weight is 815 g/mol. The second kappa shape index (κ2) is 32.5. The third-order valence-corrected chi connectivity index (χ3v) is 10.2. The Morgan fingerprint density at radius 1 is 0.768 bits per heavy atom. The van der Waals surface area contributed by atoms with Gasteiger partial charge in [-0.25, -0.2) is 4.57 Å². The first-order chi connectivity index (χ1) is 26.9. The van der Waals surface area contributed by atoms with Crippen LogP contribution in [0.5, 0.6) is 0 Å². The third-order valence-electron chi connectivity index (χ3n) is 9.25. The molecule has 8 atom stereocenters. The molecular weight excluding hydrogens is 743 g/mol. The van der Waals surface area contributed by atoms with Crippen molar-refractivity contribution in [2.75, 3.05) is 26.4 Å². The number of hydrogen-bond donors (Lipinski definition) is 6. The van der Waals surface area contributed by atoms with Gasteiger partial charge >= 0.3 is 19.8 Å². The summed E-state index contributed by atoms with van der Waals surface area (Å²) >= 11 is 0. The van der Waals surface area contributed by atoms with Crippen LogP contribution in [0.15, 0.2) is 60.8 Å². The van der Waals surface area contributed by atoms with E-state index in [0.29, 0.717) is 19.3 Å². The lowest BCUT2D eigenvalue weighted by molar-refractivity contribution is -0.160. The van der Waals surface area contributed by atoms with Crippen LogP contribution in [-0.4, -0.2) is 99.3 Å². The Kier molecular flexibility index (Phi) is 29.9. The molecule has 0 spiro atoms. The van der Waals surface area contributed by atoms with Gasteiger partial charge in [-0.1, -0.05) is 107 Å². The third kappa shape index (κ3) is 26.5. The highest BCUT2D eigenvalue weighted by molar-refractivity contribution is 7.47. The largest absolute Gasteiger partial charge is 0.472 e. The molecular formula is C42H71O13P. The number of esters is 2. The molecule has 1 rings (SSSR count). The predicted molar refractivity (Wildman–Crippen MR) is 216 cm³/mol. The lowest BCUT2D eigenvalue weighted by atomic mass is 9.89. The summed E-state index contributed by atoms with van der Waals surface area (Å²) in [5.74, 6) is -1.93. The number of rotatable bonds is 33. The molecule has 1 fully saturated rings. The number of carbonyl (C=O) groups excluding carboxylic acids is 2. The molecule has 0 aromatic heterocycles. The Hall–Kier alpha value is -2.45. The highest BCUT2D eigenvalue weighted by Crippen LogP contribution is 2.43. The summed E-state index contributed by atoms with van der Waals surface area (Å²) in [5, 5.41) is 49.6. The van der Waals surface area contributed by atoms with Gasteiger partial charge in [0.2, 0.25) is 0 Å². The highest BCUT2D eigenvalue weighted by Gasteiger charge is 2.39. The van der Waals surface area contributed by atoms with Crippen LogP contribution in [-0.2, 0) is 32.7 Å². The second-order valence-electron chi connectivity index (χ2n) is 14.3. The van der Waals surface area contributed by atoms with E-state index in [9.17, 15) is 39.5 Å². The fraction of sp³-hybridized carbons (Fsp3) is 0.714. The molecule has 1 unspecified atom stereocenters. The van der Waals surface area contributed by atoms with Gasteiger partial charge in [-0.05, 0) is 63.7 Å². The van der Waals surface area contributed by atoms with Crippen molar-refractivity contribution in [3.8, 4) is 0 Å². The van der Waals surface area contributed by atoms with Gasteiger partial charge in [0, 0.05) is 18.8 Å². The molecule has 0 amide bonds. The van der Waals surface area contributed by atoms with Crippen molar-refractivity contribution in [2.45, 2.75) is 154 Å². The molecule has 0 aromatic rings. The van der Waals surface area contributed by atoms with Crippen molar-refractivity contribution in [3.63, 3.8) is 0 Å². The molecule has 14 heteroatoms. The molecule has 1 aliphatic rings. The molecule has 13 nitrogen and oxygen atoms in total.